The molecule has 1 fully saturated rings. The van der Waals surface area contributed by atoms with Crippen molar-refractivity contribution >= 4 is 11.6 Å². The fraction of sp³-hybridized carbons (Fsp3) is 0.600. The molecule has 0 bridgehead atoms. The molecule has 0 spiro atoms. The van der Waals surface area contributed by atoms with Gasteiger partial charge < -0.3 is 14.8 Å². The van der Waals surface area contributed by atoms with E-state index < -0.39 is 11.7 Å². The van der Waals surface area contributed by atoms with Gasteiger partial charge in [-0.1, -0.05) is 20.8 Å². The van der Waals surface area contributed by atoms with E-state index in [1.54, 1.807) is 12.3 Å². The third-order valence-corrected chi connectivity index (χ3v) is 3.22. The molecule has 0 radical (unpaired) electrons. The molecule has 110 valence electrons. The lowest BCUT2D eigenvalue weighted by Gasteiger charge is -2.25. The molecule has 0 aliphatic carbocycles. The first-order valence-corrected chi connectivity index (χ1v) is 6.90. The summed E-state index contributed by atoms with van der Waals surface area (Å²) in [6, 6.07) is 1.80. The maximum atomic E-state index is 12.1. The van der Waals surface area contributed by atoms with Crippen molar-refractivity contribution in [1.29, 1.82) is 0 Å². The smallest absolute Gasteiger partial charge is 0.229 e. The minimum absolute atomic E-state index is 0.0248. The minimum Gasteiger partial charge on any atom is -0.347 e. The topological polar surface area (TPSA) is 60.5 Å². The summed E-state index contributed by atoms with van der Waals surface area (Å²) in [7, 11) is 0. The van der Waals surface area contributed by atoms with E-state index in [2.05, 4.69) is 10.3 Å². The first-order chi connectivity index (χ1) is 9.39. The van der Waals surface area contributed by atoms with Crippen LogP contribution >= 0.6 is 0 Å². The summed E-state index contributed by atoms with van der Waals surface area (Å²) in [6.07, 6.45) is 2.13. The number of carbonyl (C=O) groups excluding carboxylic acids is 1. The van der Waals surface area contributed by atoms with Gasteiger partial charge in [0.15, 0.2) is 0 Å². The van der Waals surface area contributed by atoms with Gasteiger partial charge >= 0.3 is 0 Å². The van der Waals surface area contributed by atoms with Gasteiger partial charge in [0.25, 0.3) is 0 Å². The Morgan fingerprint density at radius 1 is 1.35 bits per heavy atom. The molecule has 1 aliphatic rings. The quantitative estimate of drug-likeness (QED) is 0.903. The summed E-state index contributed by atoms with van der Waals surface area (Å²) in [4.78, 5) is 16.4. The summed E-state index contributed by atoms with van der Waals surface area (Å²) in [5, 5.41) is 2.94. The molecule has 1 aromatic rings. The first kappa shape index (κ1) is 14.9. The minimum atomic E-state index is -0.437. The van der Waals surface area contributed by atoms with E-state index in [1.807, 2.05) is 27.7 Å². The molecular weight excluding hydrogens is 256 g/mol. The average Bonchev–Trinajstić information content (AvgIpc) is 2.41. The highest BCUT2D eigenvalue weighted by molar-refractivity contribution is 5.95. The standard InChI is InChI=1S/C15H22N2O3/c1-10-11(17-14(18)15(2,3)4)6-7-16-12(10)13-19-8-5-9-20-13/h6-7,13H,5,8-9H2,1-4H3,(H,16,17,18). The second-order valence-corrected chi connectivity index (χ2v) is 6.00. The van der Waals surface area contributed by atoms with E-state index in [0.29, 0.717) is 13.2 Å². The Morgan fingerprint density at radius 3 is 2.60 bits per heavy atom. The van der Waals surface area contributed by atoms with Gasteiger partial charge in [0, 0.05) is 17.3 Å². The Labute approximate surface area is 119 Å². The fourth-order valence-corrected chi connectivity index (χ4v) is 1.88. The number of hydrogen-bond acceptors (Lipinski definition) is 4. The lowest BCUT2D eigenvalue weighted by molar-refractivity contribution is -0.185. The van der Waals surface area contributed by atoms with Gasteiger partial charge in [-0.3, -0.25) is 9.78 Å². The van der Waals surface area contributed by atoms with E-state index >= 15 is 0 Å². The highest BCUT2D eigenvalue weighted by atomic mass is 16.7. The molecule has 0 aromatic carbocycles. The number of amides is 1. The van der Waals surface area contributed by atoms with E-state index in [4.69, 9.17) is 9.47 Å². The van der Waals surface area contributed by atoms with Crippen molar-refractivity contribution in [3.8, 4) is 0 Å². The summed E-state index contributed by atoms with van der Waals surface area (Å²) in [5.41, 5.74) is 1.94. The number of pyridine rings is 1. The lowest BCUT2D eigenvalue weighted by atomic mass is 9.95. The van der Waals surface area contributed by atoms with Crippen LogP contribution < -0.4 is 5.32 Å². The number of ether oxygens (including phenoxy) is 2. The van der Waals surface area contributed by atoms with Gasteiger partial charge in [0.2, 0.25) is 12.2 Å². The molecule has 1 aromatic heterocycles. The molecule has 0 atom stereocenters. The monoisotopic (exact) mass is 278 g/mol. The van der Waals surface area contributed by atoms with Crippen molar-refractivity contribution in [3.63, 3.8) is 0 Å². The van der Waals surface area contributed by atoms with Crippen LogP contribution in [0.5, 0.6) is 0 Å². The lowest BCUT2D eigenvalue weighted by Crippen LogP contribution is -2.28. The maximum Gasteiger partial charge on any atom is 0.229 e. The summed E-state index contributed by atoms with van der Waals surface area (Å²) in [6.45, 7) is 8.91. The van der Waals surface area contributed by atoms with Crippen molar-refractivity contribution < 1.29 is 14.3 Å². The van der Waals surface area contributed by atoms with Gasteiger partial charge in [-0.2, -0.15) is 0 Å². The average molecular weight is 278 g/mol. The van der Waals surface area contributed by atoms with E-state index in [-0.39, 0.29) is 5.91 Å². The zero-order valence-corrected chi connectivity index (χ0v) is 12.5. The third-order valence-electron chi connectivity index (χ3n) is 3.22. The normalized spacial score (nSPS) is 17.0. The predicted molar refractivity (Wildman–Crippen MR) is 76.3 cm³/mol. The number of aromatic nitrogens is 1. The molecule has 0 saturated carbocycles. The number of rotatable bonds is 2. The van der Waals surface area contributed by atoms with Gasteiger partial charge in [-0.15, -0.1) is 0 Å². The van der Waals surface area contributed by atoms with Crippen LogP contribution in [0.15, 0.2) is 12.3 Å². The van der Waals surface area contributed by atoms with Crippen LogP contribution in [0.25, 0.3) is 0 Å². The van der Waals surface area contributed by atoms with Crippen LogP contribution in [0.2, 0.25) is 0 Å². The van der Waals surface area contributed by atoms with E-state index in [1.165, 1.54) is 0 Å². The molecule has 2 heterocycles. The molecular formula is C15H22N2O3. The number of anilines is 1. The Kier molecular flexibility index (Phi) is 4.40. The van der Waals surface area contributed by atoms with Gasteiger partial charge in [0.05, 0.1) is 13.2 Å². The highest BCUT2D eigenvalue weighted by Gasteiger charge is 2.24. The molecule has 5 nitrogen and oxygen atoms in total. The van der Waals surface area contributed by atoms with Crippen molar-refractivity contribution in [2.45, 2.75) is 40.4 Å². The molecule has 2 rings (SSSR count). The van der Waals surface area contributed by atoms with Crippen molar-refractivity contribution in [3.05, 3.63) is 23.5 Å². The van der Waals surface area contributed by atoms with Crippen molar-refractivity contribution in [1.82, 2.24) is 4.98 Å². The zero-order valence-electron chi connectivity index (χ0n) is 12.5. The number of carbonyl (C=O) groups is 1. The Hall–Kier alpha value is -1.46. The van der Waals surface area contributed by atoms with Crippen LogP contribution in [-0.2, 0) is 14.3 Å². The van der Waals surface area contributed by atoms with Crippen molar-refractivity contribution in [2.24, 2.45) is 5.41 Å². The first-order valence-electron chi connectivity index (χ1n) is 6.90. The van der Waals surface area contributed by atoms with Crippen molar-refractivity contribution in [2.75, 3.05) is 18.5 Å². The van der Waals surface area contributed by atoms with Gasteiger partial charge in [-0.05, 0) is 25.0 Å². The summed E-state index contributed by atoms with van der Waals surface area (Å²) in [5.74, 6) is -0.0248. The fourth-order valence-electron chi connectivity index (χ4n) is 1.88. The Bertz CT molecular complexity index is 488. The number of nitrogens with zero attached hydrogens (tertiary/aromatic N) is 1. The molecule has 20 heavy (non-hydrogen) atoms. The molecule has 1 aliphatic heterocycles. The SMILES string of the molecule is Cc1c(NC(=O)C(C)(C)C)ccnc1C1OCCCO1. The number of hydrogen-bond donors (Lipinski definition) is 1. The molecule has 0 unspecified atom stereocenters. The number of nitrogens with one attached hydrogen (secondary N) is 1. The predicted octanol–water partition coefficient (Wildman–Crippen LogP) is 2.81. The summed E-state index contributed by atoms with van der Waals surface area (Å²) >= 11 is 0. The van der Waals surface area contributed by atoms with Crippen LogP contribution in [0.4, 0.5) is 5.69 Å². The van der Waals surface area contributed by atoms with Gasteiger partial charge in [-0.25, -0.2) is 0 Å². The maximum absolute atomic E-state index is 12.1. The van der Waals surface area contributed by atoms with Crippen LogP contribution in [0, 0.1) is 12.3 Å². The van der Waals surface area contributed by atoms with Gasteiger partial charge in [0.1, 0.15) is 5.69 Å². The summed E-state index contributed by atoms with van der Waals surface area (Å²) < 4.78 is 11.1. The van der Waals surface area contributed by atoms with Crippen LogP contribution in [0.3, 0.4) is 0 Å². The second-order valence-electron chi connectivity index (χ2n) is 6.00. The molecule has 1 N–H and O–H groups in total. The zero-order chi connectivity index (χ0) is 14.8. The molecule has 1 amide bonds. The Morgan fingerprint density at radius 2 is 2.00 bits per heavy atom. The third kappa shape index (κ3) is 3.35. The van der Waals surface area contributed by atoms with Crippen LogP contribution in [0.1, 0.15) is 44.7 Å². The van der Waals surface area contributed by atoms with E-state index in [0.717, 1.165) is 23.4 Å². The highest BCUT2D eigenvalue weighted by Crippen LogP contribution is 2.28. The Balaban J connectivity index is 2.21. The van der Waals surface area contributed by atoms with Crippen LogP contribution in [-0.4, -0.2) is 24.1 Å². The molecule has 1 saturated heterocycles. The van der Waals surface area contributed by atoms with E-state index in [9.17, 15) is 4.79 Å². The largest absolute Gasteiger partial charge is 0.347 e. The molecule has 5 heteroatoms. The second kappa shape index (κ2) is 5.89.